The number of amides is 1. The maximum Gasteiger partial charge on any atom is 0.373 e. The van der Waals surface area contributed by atoms with Crippen LogP contribution in [-0.2, 0) is 39.9 Å². The second kappa shape index (κ2) is 30.3. The summed E-state index contributed by atoms with van der Waals surface area (Å²) in [5.74, 6) is -0.902. The Morgan fingerprint density at radius 2 is 1.60 bits per heavy atom. The van der Waals surface area contributed by atoms with E-state index in [4.69, 9.17) is 36.2 Å². The van der Waals surface area contributed by atoms with Crippen molar-refractivity contribution in [3.8, 4) is 29.7 Å². The number of nitriles is 3. The van der Waals surface area contributed by atoms with Gasteiger partial charge in [0.1, 0.15) is 64.9 Å². The predicted octanol–water partition coefficient (Wildman–Crippen LogP) is 10.6. The van der Waals surface area contributed by atoms with Crippen molar-refractivity contribution < 1.29 is 68.8 Å². The number of nitrogens with one attached hydrogen (secondary N) is 1. The number of carbonyl (C=O) groups excluding carboxylic acids is 5. The van der Waals surface area contributed by atoms with Crippen LogP contribution in [0.25, 0.3) is 10.9 Å². The molecule has 9 rings (SSSR count). The van der Waals surface area contributed by atoms with Crippen LogP contribution in [0.5, 0.6) is 11.5 Å². The third-order valence-corrected chi connectivity index (χ3v) is 18.4. The summed E-state index contributed by atoms with van der Waals surface area (Å²) in [5.41, 5.74) is 4.71. The Bertz CT molecular complexity index is 3640. The number of carbonyl (C=O) groups is 3. The number of epoxide rings is 1. The number of hydrogen-bond acceptors (Lipinski definition) is 20. The molecule has 6 N–H and O–H groups in total. The van der Waals surface area contributed by atoms with Gasteiger partial charge in [-0.25, -0.2) is 4.85 Å². The van der Waals surface area contributed by atoms with Gasteiger partial charge in [0.2, 0.25) is 11.4 Å². The number of likely N-dealkylation sites (N-methyl/N-ethyl adjacent to an activating group) is 1. The number of aryl methyl sites for hydroxylation is 1. The Morgan fingerprint density at radius 3 is 2.14 bits per heavy atom. The maximum absolute atomic E-state index is 12.1. The second-order valence-electron chi connectivity index (χ2n) is 23.6. The highest BCUT2D eigenvalue weighted by molar-refractivity contribution is 6.02. The van der Waals surface area contributed by atoms with E-state index in [-0.39, 0.29) is 93.6 Å². The third kappa shape index (κ3) is 14.9. The molecule has 1 spiro atoms. The lowest BCUT2D eigenvalue weighted by Crippen LogP contribution is -2.57. The van der Waals surface area contributed by atoms with Gasteiger partial charge in [-0.3, -0.25) is 34.6 Å². The summed E-state index contributed by atoms with van der Waals surface area (Å²) in [7, 11) is 0. The van der Waals surface area contributed by atoms with Gasteiger partial charge < -0.3 is 45.2 Å². The number of fused-ring (bicyclic) bond motifs is 4. The number of phenols is 2. The van der Waals surface area contributed by atoms with Gasteiger partial charge in [0, 0.05) is 54.9 Å². The number of benzene rings is 3. The number of allylic oxidation sites excluding steroid dienone is 6. The summed E-state index contributed by atoms with van der Waals surface area (Å²) < 4.78 is 11.0. The molecule has 0 bridgehead atoms. The summed E-state index contributed by atoms with van der Waals surface area (Å²) in [4.78, 5) is 75.7. The van der Waals surface area contributed by atoms with Gasteiger partial charge in [0.05, 0.1) is 22.5 Å². The number of Topliss-reactive ketones (excluding diaryl/α,β-unsaturated/α-hetero) is 1. The molecule has 1 amide bonds. The van der Waals surface area contributed by atoms with Crippen LogP contribution in [0, 0.1) is 102 Å². The molecule has 9 atom stereocenters. The molecule has 3 aromatic rings. The zero-order valence-corrected chi connectivity index (χ0v) is 51.6. The lowest BCUT2D eigenvalue weighted by Gasteiger charge is -2.59. The number of hydrogen-bond donors (Lipinski definition) is 6. The van der Waals surface area contributed by atoms with Crippen LogP contribution in [0.4, 0.5) is 11.4 Å². The summed E-state index contributed by atoms with van der Waals surface area (Å²) >= 11 is 0. The molecule has 0 aromatic heterocycles. The van der Waals surface area contributed by atoms with Crippen LogP contribution >= 0.6 is 0 Å². The minimum Gasteiger partial charge on any atom is -0.521 e. The van der Waals surface area contributed by atoms with Crippen molar-refractivity contribution in [1.29, 1.82) is 15.8 Å². The standard InChI is InChI=1S/C20H27NO3.C18H19N3O4.C14H15N3O5.C13H13NO2.CO2/c1-18-8-7-13-11(12(18)4-5-15(18)22)6-9-20-17(24-20)16(23)14(21-3)10-19(13,20)2;1-11(2)17-12(3)20-16(8-19)15(9-25-10-22)18(17)13-5-4-6-14(7-13)21(23)24;1-3-16(4-2)14(20)10(8-15)5-9-6-11(17(21)22)13(19)12(18)7-9;1-9-3-5-11(6-4-9)7-13(16)12(8-14)10(2)15;2-1-3/h11-13,15,17,22-23H,4-10H2,1-2H3;4-7,10-11,18,20H,9H2,1-3H3;5-7,18-19H,3-4H2,1-2H3;3-6,16H,7H2,1-2H3;/b;;10-5+;;/t11-,12-,13-,15-,17+,18-,19+,20+;;;;/m0..../s1. The Hall–Kier alpha value is -9.97. The molecule has 3 aromatic carbocycles. The van der Waals surface area contributed by atoms with E-state index in [0.717, 1.165) is 79.1 Å². The van der Waals surface area contributed by atoms with Crippen LogP contribution in [0.1, 0.15) is 129 Å². The highest BCUT2D eigenvalue weighted by atomic mass is 16.6. The minimum absolute atomic E-state index is 0.0223. The van der Waals surface area contributed by atoms with E-state index < -0.39 is 38.7 Å². The summed E-state index contributed by atoms with van der Waals surface area (Å²) in [6, 6.07) is 21.4. The van der Waals surface area contributed by atoms with Crippen LogP contribution in [0.2, 0.25) is 0 Å². The largest absolute Gasteiger partial charge is 0.521 e. The molecule has 3 saturated carbocycles. The van der Waals surface area contributed by atoms with Crippen LogP contribution in [0.15, 0.2) is 112 Å². The van der Waals surface area contributed by atoms with E-state index in [9.17, 15) is 65.4 Å². The Morgan fingerprint density at radius 1 is 0.944 bits per heavy atom. The number of nitro benzene ring substituents is 2. The molecule has 2 heterocycles. The molecule has 474 valence electrons. The van der Waals surface area contributed by atoms with Gasteiger partial charge in [0.15, 0.2) is 11.5 Å². The first-order valence-corrected chi connectivity index (χ1v) is 29.1. The first-order chi connectivity index (χ1) is 42.6. The molecule has 0 radical (unpaired) electrons. The minimum atomic E-state index is -0.870. The van der Waals surface area contributed by atoms with E-state index in [1.807, 2.05) is 52.0 Å². The number of aliphatic hydroxyl groups is 3. The Kier molecular flexibility index (Phi) is 23.8. The second-order valence-corrected chi connectivity index (χ2v) is 23.6. The van der Waals surface area contributed by atoms with Crippen LogP contribution in [0.3, 0.4) is 0 Å². The number of ketones is 1. The monoisotopic (exact) mass is 1230 g/mol. The predicted molar refractivity (Wildman–Crippen MR) is 324 cm³/mol. The lowest BCUT2D eigenvalue weighted by molar-refractivity contribution is -0.386. The zero-order valence-electron chi connectivity index (χ0n) is 51.6. The van der Waals surface area contributed by atoms with Gasteiger partial charge in [-0.1, -0.05) is 69.7 Å². The van der Waals surface area contributed by atoms with Crippen LogP contribution < -0.4 is 5.32 Å². The smallest absolute Gasteiger partial charge is 0.373 e. The summed E-state index contributed by atoms with van der Waals surface area (Å²) in [6.07, 6.45) is 8.30. The van der Waals surface area contributed by atoms with E-state index in [1.54, 1.807) is 38.1 Å². The molecule has 1 saturated heterocycles. The van der Waals surface area contributed by atoms with Crippen LogP contribution in [-0.4, -0.2) is 102 Å². The summed E-state index contributed by atoms with van der Waals surface area (Å²) in [5, 5.41) is 102. The van der Waals surface area contributed by atoms with Crippen molar-refractivity contribution in [3.63, 3.8) is 0 Å². The van der Waals surface area contributed by atoms with Crippen molar-refractivity contribution in [2.45, 2.75) is 137 Å². The topological polar surface area (TPSA) is 386 Å². The van der Waals surface area contributed by atoms with Gasteiger partial charge in [0.25, 0.3) is 18.1 Å². The molecule has 4 fully saturated rings. The lowest BCUT2D eigenvalue weighted by atomic mass is 9.45. The number of dihydropyridines is 1. The third-order valence-electron chi connectivity index (χ3n) is 18.4. The Labute approximate surface area is 521 Å². The van der Waals surface area contributed by atoms with E-state index in [0.29, 0.717) is 66.3 Å². The van der Waals surface area contributed by atoms with Gasteiger partial charge >= 0.3 is 11.8 Å². The fraction of sp³-hybridized carbons (Fsp3) is 0.455. The number of ether oxygens (including phenoxy) is 2. The normalized spacial score (nSPS) is 25.1. The number of phenolic OH excluding ortho intramolecular Hbond substituents is 2. The fourth-order valence-corrected chi connectivity index (χ4v) is 13.9. The zero-order chi connectivity index (χ0) is 67.2. The van der Waals surface area contributed by atoms with Gasteiger partial charge in [-0.15, -0.1) is 0 Å². The van der Waals surface area contributed by atoms with Gasteiger partial charge in [-0.05, 0) is 148 Å². The van der Waals surface area contributed by atoms with Crippen molar-refractivity contribution in [1.82, 2.24) is 10.2 Å². The number of aliphatic hydroxyl groups excluding tert-OH is 3. The van der Waals surface area contributed by atoms with E-state index >= 15 is 0 Å². The van der Waals surface area contributed by atoms with E-state index in [2.05, 4.69) is 30.1 Å². The number of rotatable bonds is 14. The van der Waals surface area contributed by atoms with Crippen molar-refractivity contribution >= 4 is 41.8 Å². The molecule has 24 heteroatoms. The van der Waals surface area contributed by atoms with Gasteiger partial charge in [-0.2, -0.15) is 25.4 Å². The highest BCUT2D eigenvalue weighted by Gasteiger charge is 2.76. The average molecular weight is 1240 g/mol. The number of non-ortho nitro benzene ring substituents is 1. The number of nitrogens with zero attached hydrogens (tertiary/aromatic N) is 7. The Balaban J connectivity index is 0.000000217. The first kappa shape index (κ1) is 70.8. The van der Waals surface area contributed by atoms with Crippen molar-refractivity contribution in [2.24, 2.45) is 34.5 Å². The van der Waals surface area contributed by atoms with Crippen molar-refractivity contribution in [2.75, 3.05) is 19.7 Å². The SMILES string of the molecule is CC(=O)C(C#N)=C(O)Cc1ccc(C)cc1.CC1=C(C(C)C)C(c2cccc([N+](=O)[O-])c2)C(COC=O)=C(C#N)N1.CCN(CC)C(=O)/C(C#N)=C/c1cc(O)c(O)c([N+](=O)[O-])c1.O=C=O.[C-]#[N+]C1=C(O)[C@H]2O[C@]23CC[C@H]2[C@@H]4CC[C@H](O)[C@@]4(C)CC[C@@H]2[C@@]3(C)C1. The number of aromatic hydroxyl groups is 2. The quantitative estimate of drug-likeness (QED) is 0.0100. The first-order valence-electron chi connectivity index (χ1n) is 29.1. The molecule has 2 aliphatic heterocycles. The molecule has 1 unspecified atom stereocenters. The average Bonchev–Trinajstić information content (AvgIpc) is 1.53. The molecule has 6 aliphatic rings. The highest BCUT2D eigenvalue weighted by Crippen LogP contribution is 2.73. The molecular formula is C66H74N8O16. The molecule has 90 heavy (non-hydrogen) atoms. The van der Waals surface area contributed by atoms with Crippen molar-refractivity contribution in [3.05, 3.63) is 165 Å². The van der Waals surface area contributed by atoms with E-state index in [1.165, 1.54) is 24.0 Å². The fourth-order valence-electron chi connectivity index (χ4n) is 13.9. The molecular weight excluding hydrogens is 1160 g/mol. The molecule has 24 nitrogen and oxygen atoms in total. The number of nitro groups is 2. The summed E-state index contributed by atoms with van der Waals surface area (Å²) in [6.45, 7) is 25.8. The molecule has 4 aliphatic carbocycles. The maximum atomic E-state index is 12.1.